The lowest BCUT2D eigenvalue weighted by molar-refractivity contribution is 0.125. The lowest BCUT2D eigenvalue weighted by Gasteiger charge is -2.12. The van der Waals surface area contributed by atoms with E-state index in [1.165, 1.54) is 11.1 Å². The third-order valence-electron chi connectivity index (χ3n) is 3.25. The van der Waals surface area contributed by atoms with Crippen molar-refractivity contribution in [3.05, 3.63) is 70.2 Å². The number of hydrogen-bond donors (Lipinski definition) is 2. The van der Waals surface area contributed by atoms with E-state index in [2.05, 4.69) is 55.8 Å². The molecule has 0 saturated heterocycles. The van der Waals surface area contributed by atoms with Gasteiger partial charge in [-0.1, -0.05) is 58.4 Å². The van der Waals surface area contributed by atoms with Crippen LogP contribution in [0.5, 0.6) is 0 Å². The molecule has 5 heteroatoms. The van der Waals surface area contributed by atoms with E-state index in [4.69, 9.17) is 4.74 Å². The van der Waals surface area contributed by atoms with Crippen molar-refractivity contribution >= 4 is 21.9 Å². The second-order valence-electron chi connectivity index (χ2n) is 5.02. The van der Waals surface area contributed by atoms with Crippen LogP contribution >= 0.6 is 15.9 Å². The number of guanidine groups is 1. The van der Waals surface area contributed by atoms with Crippen molar-refractivity contribution in [2.45, 2.75) is 13.2 Å². The monoisotopic (exact) mass is 375 g/mol. The standard InChI is InChI=1S/C18H22BrN3O/c1-20-18(22-13-15-7-9-17(19)10-8-15)21-11-12-23-14-16-5-3-2-4-6-16/h2-10H,11-14H2,1H3,(H2,20,21,22). The van der Waals surface area contributed by atoms with Crippen molar-refractivity contribution < 1.29 is 4.74 Å². The van der Waals surface area contributed by atoms with Gasteiger partial charge in [0.05, 0.1) is 13.2 Å². The molecule has 0 heterocycles. The zero-order valence-corrected chi connectivity index (χ0v) is 14.8. The summed E-state index contributed by atoms with van der Waals surface area (Å²) in [6, 6.07) is 18.4. The molecule has 2 N–H and O–H groups in total. The lowest BCUT2D eigenvalue weighted by Crippen LogP contribution is -2.38. The topological polar surface area (TPSA) is 45.7 Å². The fourth-order valence-electron chi connectivity index (χ4n) is 2.01. The van der Waals surface area contributed by atoms with Crippen LogP contribution in [0.4, 0.5) is 0 Å². The van der Waals surface area contributed by atoms with Crippen LogP contribution in [0.3, 0.4) is 0 Å². The smallest absolute Gasteiger partial charge is 0.191 e. The molecule has 23 heavy (non-hydrogen) atoms. The molecule has 2 aromatic rings. The number of aliphatic imine (C=N–C) groups is 1. The summed E-state index contributed by atoms with van der Waals surface area (Å²) in [6.45, 7) is 2.71. The predicted octanol–water partition coefficient (Wildman–Crippen LogP) is 3.33. The van der Waals surface area contributed by atoms with Gasteiger partial charge in [-0.05, 0) is 23.3 Å². The van der Waals surface area contributed by atoms with Gasteiger partial charge in [0, 0.05) is 24.6 Å². The van der Waals surface area contributed by atoms with Gasteiger partial charge in [0.1, 0.15) is 0 Å². The van der Waals surface area contributed by atoms with E-state index in [0.29, 0.717) is 19.8 Å². The number of halogens is 1. The normalized spacial score (nSPS) is 11.3. The Morgan fingerprint density at radius 1 is 1.00 bits per heavy atom. The molecule has 0 aromatic heterocycles. The van der Waals surface area contributed by atoms with E-state index in [0.717, 1.165) is 17.0 Å². The van der Waals surface area contributed by atoms with Crippen molar-refractivity contribution in [1.29, 1.82) is 0 Å². The summed E-state index contributed by atoms with van der Waals surface area (Å²) in [5, 5.41) is 6.52. The SMILES string of the molecule is CN=C(NCCOCc1ccccc1)NCc1ccc(Br)cc1. The molecular formula is C18H22BrN3O. The minimum atomic E-state index is 0.632. The van der Waals surface area contributed by atoms with Gasteiger partial charge < -0.3 is 15.4 Å². The Balaban J connectivity index is 1.62. The van der Waals surface area contributed by atoms with Gasteiger partial charge in [-0.2, -0.15) is 0 Å². The number of nitrogens with one attached hydrogen (secondary N) is 2. The van der Waals surface area contributed by atoms with Crippen LogP contribution in [0, 0.1) is 0 Å². The molecule has 2 rings (SSSR count). The van der Waals surface area contributed by atoms with Gasteiger partial charge in [0.15, 0.2) is 5.96 Å². The summed E-state index contributed by atoms with van der Waals surface area (Å²) in [5.74, 6) is 0.774. The Morgan fingerprint density at radius 3 is 2.43 bits per heavy atom. The molecule has 0 atom stereocenters. The fourth-order valence-corrected chi connectivity index (χ4v) is 2.28. The molecule has 0 aliphatic rings. The molecule has 4 nitrogen and oxygen atoms in total. The van der Waals surface area contributed by atoms with E-state index in [1.54, 1.807) is 7.05 Å². The Kier molecular flexibility index (Phi) is 7.63. The molecule has 0 bridgehead atoms. The van der Waals surface area contributed by atoms with Crippen LogP contribution in [-0.2, 0) is 17.9 Å². The quantitative estimate of drug-likeness (QED) is 0.443. The van der Waals surface area contributed by atoms with Crippen LogP contribution in [-0.4, -0.2) is 26.2 Å². The molecule has 0 saturated carbocycles. The lowest BCUT2D eigenvalue weighted by atomic mass is 10.2. The first kappa shape index (κ1) is 17.5. The van der Waals surface area contributed by atoms with E-state index in [9.17, 15) is 0 Å². The summed E-state index contributed by atoms with van der Waals surface area (Å²) in [6.07, 6.45) is 0. The third-order valence-corrected chi connectivity index (χ3v) is 3.78. The van der Waals surface area contributed by atoms with Crippen molar-refractivity contribution in [3.8, 4) is 0 Å². The van der Waals surface area contributed by atoms with Crippen molar-refractivity contribution in [2.24, 2.45) is 4.99 Å². The van der Waals surface area contributed by atoms with Crippen molar-refractivity contribution in [1.82, 2.24) is 10.6 Å². The van der Waals surface area contributed by atoms with Crippen LogP contribution in [0.15, 0.2) is 64.1 Å². The minimum absolute atomic E-state index is 0.632. The molecule has 122 valence electrons. The molecule has 0 spiro atoms. The Morgan fingerprint density at radius 2 is 1.74 bits per heavy atom. The van der Waals surface area contributed by atoms with E-state index >= 15 is 0 Å². The molecule has 0 aliphatic heterocycles. The van der Waals surface area contributed by atoms with Crippen LogP contribution in [0.1, 0.15) is 11.1 Å². The zero-order chi connectivity index (χ0) is 16.3. The fraction of sp³-hybridized carbons (Fsp3) is 0.278. The number of nitrogens with zero attached hydrogens (tertiary/aromatic N) is 1. The van der Waals surface area contributed by atoms with E-state index in [1.807, 2.05) is 30.3 Å². The highest BCUT2D eigenvalue weighted by Crippen LogP contribution is 2.10. The molecule has 0 radical (unpaired) electrons. The van der Waals surface area contributed by atoms with Gasteiger partial charge in [0.25, 0.3) is 0 Å². The average molecular weight is 376 g/mol. The minimum Gasteiger partial charge on any atom is -0.375 e. The first-order valence-corrected chi connectivity index (χ1v) is 8.38. The summed E-state index contributed by atoms with van der Waals surface area (Å²) >= 11 is 3.43. The maximum absolute atomic E-state index is 5.64. The average Bonchev–Trinajstić information content (AvgIpc) is 2.59. The Hall–Kier alpha value is -1.85. The van der Waals surface area contributed by atoms with E-state index in [-0.39, 0.29) is 0 Å². The number of benzene rings is 2. The second-order valence-corrected chi connectivity index (χ2v) is 5.93. The zero-order valence-electron chi connectivity index (χ0n) is 13.3. The van der Waals surface area contributed by atoms with E-state index < -0.39 is 0 Å². The summed E-state index contributed by atoms with van der Waals surface area (Å²) in [4.78, 5) is 4.21. The van der Waals surface area contributed by atoms with Gasteiger partial charge in [-0.15, -0.1) is 0 Å². The van der Waals surface area contributed by atoms with Gasteiger partial charge in [0.2, 0.25) is 0 Å². The summed E-state index contributed by atoms with van der Waals surface area (Å²) < 4.78 is 6.72. The number of hydrogen-bond acceptors (Lipinski definition) is 2. The molecule has 0 amide bonds. The molecule has 0 fully saturated rings. The van der Waals surface area contributed by atoms with Gasteiger partial charge in [-0.25, -0.2) is 0 Å². The molecule has 0 aliphatic carbocycles. The third kappa shape index (κ3) is 6.84. The van der Waals surface area contributed by atoms with Gasteiger partial charge >= 0.3 is 0 Å². The highest BCUT2D eigenvalue weighted by Gasteiger charge is 1.98. The molecule has 2 aromatic carbocycles. The predicted molar refractivity (Wildman–Crippen MR) is 98.4 cm³/mol. The summed E-state index contributed by atoms with van der Waals surface area (Å²) in [5.41, 5.74) is 2.39. The highest BCUT2D eigenvalue weighted by atomic mass is 79.9. The molecular weight excluding hydrogens is 354 g/mol. The summed E-state index contributed by atoms with van der Waals surface area (Å²) in [7, 11) is 1.77. The first-order chi connectivity index (χ1) is 11.3. The van der Waals surface area contributed by atoms with Crippen LogP contribution < -0.4 is 10.6 Å². The second kappa shape index (κ2) is 10.0. The van der Waals surface area contributed by atoms with Crippen molar-refractivity contribution in [2.75, 3.05) is 20.2 Å². The Bertz CT molecular complexity index is 599. The number of ether oxygens (including phenoxy) is 1. The Labute approximate surface area is 146 Å². The van der Waals surface area contributed by atoms with Crippen LogP contribution in [0.2, 0.25) is 0 Å². The maximum Gasteiger partial charge on any atom is 0.191 e. The largest absolute Gasteiger partial charge is 0.375 e. The first-order valence-electron chi connectivity index (χ1n) is 7.58. The van der Waals surface area contributed by atoms with Crippen molar-refractivity contribution in [3.63, 3.8) is 0 Å². The number of rotatable bonds is 7. The van der Waals surface area contributed by atoms with Gasteiger partial charge in [-0.3, -0.25) is 4.99 Å². The highest BCUT2D eigenvalue weighted by molar-refractivity contribution is 9.10. The van der Waals surface area contributed by atoms with Crippen LogP contribution in [0.25, 0.3) is 0 Å². The molecule has 0 unspecified atom stereocenters. The maximum atomic E-state index is 5.64.